The normalized spacial score (nSPS) is 15.4. The molecule has 51 heavy (non-hydrogen) atoms. The number of aliphatic hydroxyl groups excluding tert-OH is 1. The molecule has 0 aliphatic carbocycles. The second-order valence-electron chi connectivity index (χ2n) is 13.2. The van der Waals surface area contributed by atoms with Crippen LogP contribution in [0.25, 0.3) is 0 Å². The molecule has 0 fully saturated rings. The molecule has 19 heteroatoms. The number of carbonyl (C=O) groups excluding carboxylic acids is 6. The molecule has 0 radical (unpaired) electrons. The van der Waals surface area contributed by atoms with Crippen molar-refractivity contribution in [3.8, 4) is 0 Å². The number of nitrogens with two attached hydrogens (primary N) is 3. The van der Waals surface area contributed by atoms with Gasteiger partial charge in [0.2, 0.25) is 35.4 Å². The minimum absolute atomic E-state index is 0.0973. The van der Waals surface area contributed by atoms with Crippen molar-refractivity contribution in [2.24, 2.45) is 29.0 Å². The third kappa shape index (κ3) is 18.5. The van der Waals surface area contributed by atoms with E-state index in [1.165, 1.54) is 6.92 Å². The maximum atomic E-state index is 13.4. The fraction of sp³-hybridized carbons (Fsp3) is 0.781. The first-order valence-corrected chi connectivity index (χ1v) is 18.0. The quantitative estimate of drug-likeness (QED) is 0.0316. The van der Waals surface area contributed by atoms with Crippen molar-refractivity contribution in [3.63, 3.8) is 0 Å². The summed E-state index contributed by atoms with van der Waals surface area (Å²) in [5.74, 6) is -6.40. The van der Waals surface area contributed by atoms with Gasteiger partial charge >= 0.3 is 5.97 Å². The molecular formula is C32H61N9O9S. The summed E-state index contributed by atoms with van der Waals surface area (Å²) in [6.45, 7) is 8.28. The lowest BCUT2D eigenvalue weighted by Crippen LogP contribution is -2.60. The first-order valence-electron chi connectivity index (χ1n) is 17.4. The zero-order valence-corrected chi connectivity index (χ0v) is 31.3. The highest BCUT2D eigenvalue weighted by Gasteiger charge is 2.33. The van der Waals surface area contributed by atoms with Crippen LogP contribution < -0.4 is 49.1 Å². The van der Waals surface area contributed by atoms with Gasteiger partial charge in [-0.2, -0.15) is 12.6 Å². The lowest BCUT2D eigenvalue weighted by Gasteiger charge is -2.27. The number of aliphatic hydroxyl groups is 1. The summed E-state index contributed by atoms with van der Waals surface area (Å²) >= 11 is 3.95. The molecule has 0 saturated heterocycles. The maximum Gasteiger partial charge on any atom is 0.327 e. The highest BCUT2D eigenvalue weighted by atomic mass is 32.1. The highest BCUT2D eigenvalue weighted by Crippen LogP contribution is 2.09. The molecule has 0 aromatic rings. The molecule has 0 spiro atoms. The van der Waals surface area contributed by atoms with Crippen LogP contribution in [0, 0.1) is 11.8 Å². The van der Waals surface area contributed by atoms with Crippen molar-refractivity contribution in [2.45, 2.75) is 122 Å². The molecule has 0 aliphatic rings. The fourth-order valence-electron chi connectivity index (χ4n) is 4.76. The monoisotopic (exact) mass is 747 g/mol. The summed E-state index contributed by atoms with van der Waals surface area (Å²) in [4.78, 5) is 89.7. The number of rotatable bonds is 26. The zero-order chi connectivity index (χ0) is 39.3. The molecule has 7 atom stereocenters. The molecule has 18 nitrogen and oxygen atoms in total. The summed E-state index contributed by atoms with van der Waals surface area (Å²) < 4.78 is 0. The van der Waals surface area contributed by atoms with Crippen molar-refractivity contribution in [3.05, 3.63) is 0 Å². The van der Waals surface area contributed by atoms with E-state index >= 15 is 0 Å². The maximum absolute atomic E-state index is 13.4. The molecule has 0 unspecified atom stereocenters. The van der Waals surface area contributed by atoms with Crippen LogP contribution in [0.5, 0.6) is 0 Å². The van der Waals surface area contributed by atoms with Crippen LogP contribution in [0.1, 0.15) is 79.6 Å². The number of hydrogen-bond acceptors (Lipinski definition) is 12. The van der Waals surface area contributed by atoms with Gasteiger partial charge in [-0.05, 0) is 70.4 Å². The Hall–Kier alpha value is -3.52. The molecule has 0 bridgehead atoms. The summed E-state index contributed by atoms with van der Waals surface area (Å²) in [5, 5.41) is 34.1. The first kappa shape index (κ1) is 47.5. The van der Waals surface area contributed by atoms with E-state index in [2.05, 4.69) is 44.5 Å². The molecule has 0 heterocycles. The number of aliphatic carboxylic acids is 1. The van der Waals surface area contributed by atoms with E-state index in [1.807, 2.05) is 13.8 Å². The van der Waals surface area contributed by atoms with Gasteiger partial charge in [0.1, 0.15) is 36.3 Å². The average molecular weight is 748 g/mol. The van der Waals surface area contributed by atoms with Gasteiger partial charge < -0.3 is 59.3 Å². The van der Waals surface area contributed by atoms with Gasteiger partial charge in [0, 0.05) is 5.75 Å². The van der Waals surface area contributed by atoms with E-state index < -0.39 is 96.2 Å². The summed E-state index contributed by atoms with van der Waals surface area (Å²) in [5.41, 5.74) is 17.0. The Bertz CT molecular complexity index is 1150. The third-order valence-electron chi connectivity index (χ3n) is 7.84. The van der Waals surface area contributed by atoms with E-state index in [4.69, 9.17) is 17.2 Å². The Morgan fingerprint density at radius 2 is 1.10 bits per heavy atom. The van der Waals surface area contributed by atoms with E-state index in [-0.39, 0.29) is 24.5 Å². The second kappa shape index (κ2) is 25.4. The van der Waals surface area contributed by atoms with Gasteiger partial charge in [0.25, 0.3) is 0 Å². The Morgan fingerprint density at radius 1 is 0.608 bits per heavy atom. The topological polar surface area (TPSA) is 310 Å². The van der Waals surface area contributed by atoms with Crippen molar-refractivity contribution in [1.29, 1.82) is 0 Å². The van der Waals surface area contributed by atoms with Gasteiger partial charge in [0.05, 0.1) is 12.6 Å². The number of carbonyl (C=O) groups is 7. The summed E-state index contributed by atoms with van der Waals surface area (Å²) in [6.07, 6.45) is 2.98. The number of amides is 6. The summed E-state index contributed by atoms with van der Waals surface area (Å²) in [7, 11) is 0. The van der Waals surface area contributed by atoms with Crippen LogP contribution in [0.15, 0.2) is 0 Å². The Balaban J connectivity index is 5.65. The van der Waals surface area contributed by atoms with E-state index in [9.17, 15) is 43.8 Å². The molecule has 0 aliphatic heterocycles. The van der Waals surface area contributed by atoms with Crippen LogP contribution in [-0.4, -0.2) is 119 Å². The zero-order valence-electron chi connectivity index (χ0n) is 30.4. The van der Waals surface area contributed by atoms with Gasteiger partial charge in [-0.1, -0.05) is 34.1 Å². The number of hydrogen-bond donors (Lipinski definition) is 12. The minimum atomic E-state index is -1.49. The van der Waals surface area contributed by atoms with Crippen LogP contribution >= 0.6 is 12.6 Å². The number of carboxylic acids is 1. The average Bonchev–Trinajstić information content (AvgIpc) is 3.06. The lowest BCUT2D eigenvalue weighted by atomic mass is 10.0. The van der Waals surface area contributed by atoms with Gasteiger partial charge in [-0.25, -0.2) is 4.79 Å². The Kier molecular flexibility index (Phi) is 23.7. The van der Waals surface area contributed by atoms with Crippen LogP contribution in [0.2, 0.25) is 0 Å². The predicted octanol–water partition coefficient (Wildman–Crippen LogP) is -2.79. The van der Waals surface area contributed by atoms with Crippen molar-refractivity contribution in [1.82, 2.24) is 31.9 Å². The predicted molar refractivity (Wildman–Crippen MR) is 194 cm³/mol. The number of unbranched alkanes of at least 4 members (excludes halogenated alkanes) is 2. The van der Waals surface area contributed by atoms with Crippen molar-refractivity contribution in [2.75, 3.05) is 25.4 Å². The fourth-order valence-corrected chi connectivity index (χ4v) is 5.01. The smallest absolute Gasteiger partial charge is 0.327 e. The molecular weight excluding hydrogens is 686 g/mol. The number of carboxylic acid groups (broad SMARTS) is 1. The van der Waals surface area contributed by atoms with Crippen molar-refractivity contribution >= 4 is 54.0 Å². The largest absolute Gasteiger partial charge is 0.480 e. The molecule has 0 rings (SSSR count). The molecule has 6 amide bonds. The van der Waals surface area contributed by atoms with Crippen molar-refractivity contribution < 1.29 is 43.8 Å². The third-order valence-corrected chi connectivity index (χ3v) is 8.20. The number of nitrogens with one attached hydrogen (secondary N) is 6. The van der Waals surface area contributed by atoms with Crippen LogP contribution in [-0.2, 0) is 33.6 Å². The Labute approximate surface area is 305 Å². The molecule has 0 saturated carbocycles. The van der Waals surface area contributed by atoms with Gasteiger partial charge in [-0.15, -0.1) is 0 Å². The SMILES string of the molecule is CC(C)C[C@H](NC(=O)[C@H](C)NC(=O)[C@H](CO)NC(=O)[C@@H](NC(=O)[C@@H](N)CCCCN)C(C)C)C(=O)N[C@@H](CCCCN)C(=O)N[C@@H](CS)C(=O)O. The molecule has 14 N–H and O–H groups in total. The molecule has 0 aromatic carbocycles. The van der Waals surface area contributed by atoms with E-state index in [0.717, 1.165) is 0 Å². The minimum Gasteiger partial charge on any atom is -0.480 e. The lowest BCUT2D eigenvalue weighted by molar-refractivity contribution is -0.141. The van der Waals surface area contributed by atoms with E-state index in [1.54, 1.807) is 13.8 Å². The van der Waals surface area contributed by atoms with E-state index in [0.29, 0.717) is 45.2 Å². The standard InChI is InChI=1S/C32H61N9O9S/c1-17(2)14-22(29(46)37-21(11-7-9-13-34)28(45)40-24(16-51)32(49)50)38-26(43)19(5)36-30(47)23(15-42)39-31(48)25(18(3)4)41-27(44)20(35)10-6-8-12-33/h17-25,42,51H,6-16,33-35H2,1-5H3,(H,36,47)(H,37,46)(H,38,43)(H,39,48)(H,40,45)(H,41,44)(H,49,50)/t19-,20-,21-,22-,23-,24-,25-/m0/s1. The van der Waals surface area contributed by atoms with Crippen LogP contribution in [0.3, 0.4) is 0 Å². The molecule has 0 aromatic heterocycles. The first-order chi connectivity index (χ1) is 23.9. The highest BCUT2D eigenvalue weighted by molar-refractivity contribution is 7.80. The molecule has 294 valence electrons. The summed E-state index contributed by atoms with van der Waals surface area (Å²) in [6, 6.07) is -8.24. The van der Waals surface area contributed by atoms with Gasteiger partial charge in [0.15, 0.2) is 0 Å². The Morgan fingerprint density at radius 3 is 1.59 bits per heavy atom. The van der Waals surface area contributed by atoms with Gasteiger partial charge in [-0.3, -0.25) is 28.8 Å². The number of thiol groups is 1. The van der Waals surface area contributed by atoms with Crippen LogP contribution in [0.4, 0.5) is 0 Å². The second-order valence-corrected chi connectivity index (χ2v) is 13.6.